The zero-order valence-electron chi connectivity index (χ0n) is 19.7. The van der Waals surface area contributed by atoms with Gasteiger partial charge in [0.25, 0.3) is 0 Å². The van der Waals surface area contributed by atoms with Crippen LogP contribution in [0, 0.1) is 0 Å². The van der Waals surface area contributed by atoms with Crippen LogP contribution < -0.4 is 4.84 Å². The van der Waals surface area contributed by atoms with Gasteiger partial charge in [-0.3, -0.25) is 9.78 Å². The number of imidazole rings is 2. The van der Waals surface area contributed by atoms with Crippen molar-refractivity contribution >= 4 is 26.7 Å². The van der Waals surface area contributed by atoms with Crippen molar-refractivity contribution in [2.24, 2.45) is 0 Å². The van der Waals surface area contributed by atoms with E-state index in [0.717, 1.165) is 5.56 Å². The quantitative estimate of drug-likeness (QED) is 0.293. The van der Waals surface area contributed by atoms with Crippen molar-refractivity contribution in [1.82, 2.24) is 24.2 Å². The van der Waals surface area contributed by atoms with Crippen molar-refractivity contribution in [1.29, 1.82) is 0 Å². The lowest BCUT2D eigenvalue weighted by Crippen LogP contribution is -2.10. The molecule has 0 aliphatic carbocycles. The van der Waals surface area contributed by atoms with Crippen LogP contribution in [0.15, 0.2) is 84.1 Å². The monoisotopic (exact) mass is 501 g/mol. The standard InChI is InChI=1S/C26H23N5O4S/c1-3-36(33,34)21-10-8-20(9-11-21)35-31-24-16-19(17-30-15-14-28-25(30)18(2)32)7-12-22(24)29-26(31)23-6-4-5-13-27-23/h4-16H,3,17H2,1-2H3. The zero-order valence-corrected chi connectivity index (χ0v) is 20.5. The van der Waals surface area contributed by atoms with Crippen LogP contribution >= 0.6 is 0 Å². The van der Waals surface area contributed by atoms with E-state index >= 15 is 0 Å². The Morgan fingerprint density at radius 3 is 2.50 bits per heavy atom. The fourth-order valence-corrected chi connectivity index (χ4v) is 4.76. The number of hydrogen-bond acceptors (Lipinski definition) is 7. The highest BCUT2D eigenvalue weighted by atomic mass is 32.2. The second kappa shape index (κ2) is 9.38. The lowest BCUT2D eigenvalue weighted by molar-refractivity contribution is 0.1000. The topological polar surface area (TPSA) is 109 Å². The van der Waals surface area contributed by atoms with Crippen LogP contribution in [-0.2, 0) is 16.4 Å². The molecule has 0 aliphatic heterocycles. The molecule has 5 aromatic rings. The number of rotatable bonds is 8. The predicted octanol–water partition coefficient (Wildman–Crippen LogP) is 4.18. The molecule has 2 aromatic carbocycles. The van der Waals surface area contributed by atoms with E-state index < -0.39 is 9.84 Å². The minimum atomic E-state index is -3.32. The van der Waals surface area contributed by atoms with Crippen molar-refractivity contribution in [3.05, 3.63) is 90.6 Å². The minimum absolute atomic E-state index is 0.0220. The largest absolute Gasteiger partial charge is 0.373 e. The first-order valence-electron chi connectivity index (χ1n) is 11.3. The van der Waals surface area contributed by atoms with Crippen LogP contribution in [0.2, 0.25) is 0 Å². The molecule has 0 saturated heterocycles. The number of fused-ring (bicyclic) bond motifs is 1. The van der Waals surface area contributed by atoms with Crippen LogP contribution in [0.5, 0.6) is 5.75 Å². The van der Waals surface area contributed by atoms with Crippen LogP contribution in [0.25, 0.3) is 22.6 Å². The van der Waals surface area contributed by atoms with Gasteiger partial charge in [0.05, 0.1) is 16.2 Å². The molecule has 3 heterocycles. The van der Waals surface area contributed by atoms with Gasteiger partial charge >= 0.3 is 0 Å². The third-order valence-electron chi connectivity index (χ3n) is 5.71. The summed E-state index contributed by atoms with van der Waals surface area (Å²) in [5.41, 5.74) is 2.93. The molecule has 0 bridgehead atoms. The Labute approximate surface area is 207 Å². The summed E-state index contributed by atoms with van der Waals surface area (Å²) in [7, 11) is -3.32. The average molecular weight is 502 g/mol. The van der Waals surface area contributed by atoms with E-state index in [1.54, 1.807) is 46.9 Å². The maximum absolute atomic E-state index is 12.2. The lowest BCUT2D eigenvalue weighted by Gasteiger charge is -2.12. The van der Waals surface area contributed by atoms with Gasteiger partial charge < -0.3 is 9.40 Å². The van der Waals surface area contributed by atoms with Gasteiger partial charge in [-0.05, 0) is 54.1 Å². The number of sulfone groups is 1. The molecule has 0 unspecified atom stereocenters. The van der Waals surface area contributed by atoms with Gasteiger partial charge in [-0.25, -0.2) is 18.4 Å². The highest BCUT2D eigenvalue weighted by molar-refractivity contribution is 7.91. The summed E-state index contributed by atoms with van der Waals surface area (Å²) in [6.45, 7) is 3.54. The molecular weight excluding hydrogens is 478 g/mol. The Bertz CT molecular complexity index is 1660. The van der Waals surface area contributed by atoms with Crippen LogP contribution in [0.1, 0.15) is 30.0 Å². The number of benzene rings is 2. The SMILES string of the molecule is CCS(=O)(=O)c1ccc(On2c(-c3ccccn3)nc3ccc(Cn4ccnc4C(C)=O)cc32)cc1. The Kier molecular flexibility index (Phi) is 6.11. The second-order valence-corrected chi connectivity index (χ2v) is 10.4. The zero-order chi connectivity index (χ0) is 25.3. The molecule has 9 nitrogen and oxygen atoms in total. The fraction of sp³-hybridized carbons (Fsp3) is 0.154. The summed E-state index contributed by atoms with van der Waals surface area (Å²) in [5.74, 6) is 1.24. The summed E-state index contributed by atoms with van der Waals surface area (Å²) >= 11 is 0. The molecule has 0 fully saturated rings. The third kappa shape index (κ3) is 4.50. The molecule has 10 heteroatoms. The third-order valence-corrected chi connectivity index (χ3v) is 7.46. The number of nitrogens with zero attached hydrogens (tertiary/aromatic N) is 5. The Balaban J connectivity index is 1.58. The number of carbonyl (C=O) groups excluding carboxylic acids is 1. The Hall–Kier alpha value is -4.31. The molecule has 5 rings (SSSR count). The first-order valence-corrected chi connectivity index (χ1v) is 13.0. The van der Waals surface area contributed by atoms with E-state index in [1.807, 2.05) is 36.4 Å². The summed E-state index contributed by atoms with van der Waals surface area (Å²) in [4.78, 5) is 31.7. The van der Waals surface area contributed by atoms with Crippen molar-refractivity contribution in [2.75, 3.05) is 5.75 Å². The summed E-state index contributed by atoms with van der Waals surface area (Å²) in [5, 5.41) is 0. The second-order valence-electron chi connectivity index (χ2n) is 8.17. The Morgan fingerprint density at radius 2 is 1.81 bits per heavy atom. The summed E-state index contributed by atoms with van der Waals surface area (Å²) in [6, 6.07) is 17.6. The minimum Gasteiger partial charge on any atom is -0.373 e. The van der Waals surface area contributed by atoms with Gasteiger partial charge in [-0.1, -0.05) is 19.1 Å². The van der Waals surface area contributed by atoms with Crippen molar-refractivity contribution in [3.63, 3.8) is 0 Å². The molecule has 0 radical (unpaired) electrons. The van der Waals surface area contributed by atoms with E-state index in [2.05, 4.69) is 9.97 Å². The molecule has 3 aromatic heterocycles. The van der Waals surface area contributed by atoms with Crippen LogP contribution in [0.4, 0.5) is 0 Å². The van der Waals surface area contributed by atoms with Crippen LogP contribution in [-0.4, -0.2) is 44.2 Å². The number of aromatic nitrogens is 5. The number of pyridine rings is 1. The molecule has 0 spiro atoms. The first kappa shape index (κ1) is 23.4. The van der Waals surface area contributed by atoms with Gasteiger partial charge in [0, 0.05) is 32.1 Å². The van der Waals surface area contributed by atoms with E-state index in [9.17, 15) is 13.2 Å². The maximum atomic E-state index is 12.2. The van der Waals surface area contributed by atoms with Crippen molar-refractivity contribution < 1.29 is 18.0 Å². The van der Waals surface area contributed by atoms with Crippen molar-refractivity contribution in [3.8, 4) is 17.3 Å². The molecule has 0 atom stereocenters. The van der Waals surface area contributed by atoms with E-state index in [-0.39, 0.29) is 16.4 Å². The number of Topliss-reactive ketones (excluding diaryl/α,β-unsaturated/α-hetero) is 1. The van der Waals surface area contributed by atoms with E-state index in [1.165, 1.54) is 19.1 Å². The van der Waals surface area contributed by atoms with E-state index in [4.69, 9.17) is 9.82 Å². The lowest BCUT2D eigenvalue weighted by atomic mass is 10.2. The molecule has 0 N–H and O–H groups in total. The predicted molar refractivity (Wildman–Crippen MR) is 134 cm³/mol. The highest BCUT2D eigenvalue weighted by Crippen LogP contribution is 2.27. The molecule has 36 heavy (non-hydrogen) atoms. The number of carbonyl (C=O) groups is 1. The molecule has 182 valence electrons. The van der Waals surface area contributed by atoms with Gasteiger partial charge in [0.2, 0.25) is 0 Å². The average Bonchev–Trinajstić information content (AvgIpc) is 3.50. The van der Waals surface area contributed by atoms with Crippen LogP contribution in [0.3, 0.4) is 0 Å². The Morgan fingerprint density at radius 1 is 1.00 bits per heavy atom. The number of hydrogen-bond donors (Lipinski definition) is 0. The number of ketones is 1. The summed E-state index contributed by atoms with van der Waals surface area (Å²) in [6.07, 6.45) is 5.04. The normalized spacial score (nSPS) is 11.6. The van der Waals surface area contributed by atoms with E-state index in [0.29, 0.717) is 40.7 Å². The van der Waals surface area contributed by atoms with Gasteiger partial charge in [0.15, 0.2) is 33.0 Å². The van der Waals surface area contributed by atoms with Gasteiger partial charge in [0.1, 0.15) is 11.2 Å². The van der Waals surface area contributed by atoms with Gasteiger partial charge in [-0.2, -0.15) is 4.73 Å². The maximum Gasteiger partial charge on any atom is 0.196 e. The molecular formula is C26H23N5O4S. The molecule has 0 amide bonds. The fourth-order valence-electron chi connectivity index (χ4n) is 3.87. The summed E-state index contributed by atoms with van der Waals surface area (Å²) < 4.78 is 27.7. The highest BCUT2D eigenvalue weighted by Gasteiger charge is 2.18. The molecule has 0 saturated carbocycles. The first-order chi connectivity index (χ1) is 17.4. The van der Waals surface area contributed by atoms with Gasteiger partial charge in [-0.15, -0.1) is 0 Å². The molecule has 0 aliphatic rings. The van der Waals surface area contributed by atoms with Crippen molar-refractivity contribution in [2.45, 2.75) is 25.3 Å². The smallest absolute Gasteiger partial charge is 0.196 e.